The Morgan fingerprint density at radius 1 is 1.12 bits per heavy atom. The molecule has 3 N–H and O–H groups in total. The van der Waals surface area contributed by atoms with Crippen molar-refractivity contribution in [2.45, 2.75) is 49.0 Å². The number of hydrogen-bond donors (Lipinski definition) is 3. The van der Waals surface area contributed by atoms with Crippen LogP contribution in [-0.2, 0) is 14.8 Å². The average molecular weight is 523 g/mol. The Morgan fingerprint density at radius 2 is 1.84 bits per heavy atom. The number of aliphatic hydroxyl groups is 1. The first-order valence-corrected chi connectivity index (χ1v) is 13.3. The van der Waals surface area contributed by atoms with Gasteiger partial charge in [-0.1, -0.05) is 53.2 Å². The average Bonchev–Trinajstić information content (AvgIpc) is 2.80. The van der Waals surface area contributed by atoms with Crippen molar-refractivity contribution in [1.82, 2.24) is 4.72 Å². The van der Waals surface area contributed by atoms with Gasteiger partial charge < -0.3 is 15.2 Å². The molecule has 0 aromatic heterocycles. The van der Waals surface area contributed by atoms with Crippen molar-refractivity contribution in [2.75, 3.05) is 31.6 Å². The highest BCUT2D eigenvalue weighted by atomic mass is 79.9. The van der Waals surface area contributed by atoms with Crippen LogP contribution in [0, 0.1) is 5.41 Å². The Balaban J connectivity index is 1.48. The van der Waals surface area contributed by atoms with Crippen molar-refractivity contribution in [2.24, 2.45) is 5.41 Å². The van der Waals surface area contributed by atoms with E-state index < -0.39 is 10.0 Å². The normalized spacial score (nSPS) is 26.1. The van der Waals surface area contributed by atoms with Crippen LogP contribution in [-0.4, -0.2) is 45.4 Å². The molecule has 8 heteroatoms. The molecule has 1 aliphatic carbocycles. The summed E-state index contributed by atoms with van der Waals surface area (Å²) in [6.07, 6.45) is 4.25. The summed E-state index contributed by atoms with van der Waals surface area (Å²) in [5.74, 6) is -0.316. The minimum absolute atomic E-state index is 0.115. The Hall–Kier alpha value is -1.45. The molecular formula is C24H31BrN2O4S. The zero-order valence-corrected chi connectivity index (χ0v) is 20.7. The van der Waals surface area contributed by atoms with Crippen LogP contribution in [0.3, 0.4) is 0 Å². The van der Waals surface area contributed by atoms with Crippen LogP contribution >= 0.6 is 15.9 Å². The van der Waals surface area contributed by atoms with Gasteiger partial charge in [0.05, 0.1) is 24.5 Å². The maximum Gasteiger partial charge on any atom is 0.242 e. The number of anilines is 1. The molecular weight excluding hydrogens is 492 g/mol. The minimum Gasteiger partial charge on any atom is -0.396 e. The molecule has 0 radical (unpaired) electrons. The van der Waals surface area contributed by atoms with Gasteiger partial charge in [-0.05, 0) is 54.9 Å². The SMILES string of the molecule is CC12CCC(CNc3cc(Br)ccc3S(=O)(=O)NCC(CO)c3ccccc3)(CC1)OC2. The highest BCUT2D eigenvalue weighted by molar-refractivity contribution is 9.10. The lowest BCUT2D eigenvalue weighted by Crippen LogP contribution is -2.53. The standard InChI is InChI=1S/C24H31BrN2O4S/c1-23-9-11-24(12-10-23,31-17-23)16-26-21-13-20(25)7-8-22(21)32(29,30)27-14-19(15-28)18-5-3-2-4-6-18/h2-8,13,19,26-28H,9-12,14-17H2,1H3. The van der Waals surface area contributed by atoms with Gasteiger partial charge in [0.1, 0.15) is 4.90 Å². The van der Waals surface area contributed by atoms with E-state index in [1.807, 2.05) is 30.3 Å². The summed E-state index contributed by atoms with van der Waals surface area (Å²) in [6.45, 7) is 3.59. The fourth-order valence-electron chi connectivity index (χ4n) is 4.59. The van der Waals surface area contributed by atoms with E-state index in [0.717, 1.165) is 42.3 Å². The van der Waals surface area contributed by atoms with E-state index in [4.69, 9.17) is 4.74 Å². The summed E-state index contributed by atoms with van der Waals surface area (Å²) in [7, 11) is -3.79. The maximum atomic E-state index is 13.2. The molecule has 2 heterocycles. The third kappa shape index (κ3) is 5.20. The van der Waals surface area contributed by atoms with Crippen molar-refractivity contribution in [3.05, 3.63) is 58.6 Å². The van der Waals surface area contributed by atoms with Crippen molar-refractivity contribution in [1.29, 1.82) is 0 Å². The number of sulfonamides is 1. The van der Waals surface area contributed by atoms with E-state index in [1.165, 1.54) is 0 Å². The molecule has 2 bridgehead atoms. The molecule has 2 saturated heterocycles. The third-order valence-electron chi connectivity index (χ3n) is 6.94. The molecule has 0 amide bonds. The van der Waals surface area contributed by atoms with Crippen molar-refractivity contribution in [3.8, 4) is 0 Å². The minimum atomic E-state index is -3.79. The number of nitrogens with one attached hydrogen (secondary N) is 2. The van der Waals surface area contributed by atoms with Crippen molar-refractivity contribution < 1.29 is 18.3 Å². The summed E-state index contributed by atoms with van der Waals surface area (Å²) < 4.78 is 36.1. The first-order valence-electron chi connectivity index (χ1n) is 11.1. The predicted octanol–water partition coefficient (Wildman–Crippen LogP) is 4.26. The Kier molecular flexibility index (Phi) is 6.98. The van der Waals surface area contributed by atoms with Gasteiger partial charge in [0, 0.05) is 23.5 Å². The van der Waals surface area contributed by atoms with E-state index in [9.17, 15) is 13.5 Å². The first-order chi connectivity index (χ1) is 15.2. The molecule has 2 aromatic rings. The van der Waals surface area contributed by atoms with Gasteiger partial charge in [0.25, 0.3) is 0 Å². The lowest BCUT2D eigenvalue weighted by atomic mass is 9.67. The van der Waals surface area contributed by atoms with Gasteiger partial charge in [0.15, 0.2) is 0 Å². The number of hydrogen-bond acceptors (Lipinski definition) is 5. The van der Waals surface area contributed by atoms with Crippen LogP contribution < -0.4 is 10.0 Å². The lowest BCUT2D eigenvalue weighted by Gasteiger charge is -2.52. The second kappa shape index (κ2) is 9.43. The summed E-state index contributed by atoms with van der Waals surface area (Å²) in [5, 5.41) is 13.1. The van der Waals surface area contributed by atoms with Crippen LogP contribution in [0.1, 0.15) is 44.1 Å². The molecule has 0 spiro atoms. The van der Waals surface area contributed by atoms with Crippen molar-refractivity contribution >= 4 is 31.6 Å². The zero-order valence-electron chi connectivity index (χ0n) is 18.3. The quantitative estimate of drug-likeness (QED) is 0.457. The van der Waals surface area contributed by atoms with Crippen LogP contribution in [0.4, 0.5) is 5.69 Å². The number of rotatable bonds is 9. The molecule has 1 saturated carbocycles. The van der Waals surface area contributed by atoms with Crippen LogP contribution in [0.2, 0.25) is 0 Å². The molecule has 32 heavy (non-hydrogen) atoms. The topological polar surface area (TPSA) is 87.7 Å². The third-order valence-corrected chi connectivity index (χ3v) is 8.91. The van der Waals surface area contributed by atoms with E-state index in [1.54, 1.807) is 18.2 Å². The zero-order chi connectivity index (χ0) is 22.8. The highest BCUT2D eigenvalue weighted by Gasteiger charge is 2.47. The molecule has 3 aliphatic rings. The molecule has 6 nitrogen and oxygen atoms in total. The fraction of sp³-hybridized carbons (Fsp3) is 0.500. The molecule has 2 aromatic carbocycles. The maximum absolute atomic E-state index is 13.2. The summed E-state index contributed by atoms with van der Waals surface area (Å²) in [6, 6.07) is 14.5. The second-order valence-electron chi connectivity index (χ2n) is 9.42. The van der Waals surface area contributed by atoms with E-state index in [-0.39, 0.29) is 35.0 Å². The smallest absolute Gasteiger partial charge is 0.242 e. The number of ether oxygens (including phenoxy) is 1. The molecule has 1 unspecified atom stereocenters. The largest absolute Gasteiger partial charge is 0.396 e. The van der Waals surface area contributed by atoms with Gasteiger partial charge in [-0.15, -0.1) is 0 Å². The van der Waals surface area contributed by atoms with Gasteiger partial charge >= 0.3 is 0 Å². The lowest BCUT2D eigenvalue weighted by molar-refractivity contribution is -0.169. The summed E-state index contributed by atoms with van der Waals surface area (Å²) in [5.41, 5.74) is 1.50. The van der Waals surface area contributed by atoms with Crippen LogP contribution in [0.5, 0.6) is 0 Å². The summed E-state index contributed by atoms with van der Waals surface area (Å²) in [4.78, 5) is 0.193. The van der Waals surface area contributed by atoms with E-state index >= 15 is 0 Å². The molecule has 2 aliphatic heterocycles. The number of aliphatic hydroxyl groups excluding tert-OH is 1. The molecule has 3 fully saturated rings. The Bertz CT molecular complexity index is 1020. The Morgan fingerprint density at radius 3 is 2.47 bits per heavy atom. The first kappa shape index (κ1) is 23.7. The fourth-order valence-corrected chi connectivity index (χ4v) is 6.19. The van der Waals surface area contributed by atoms with Gasteiger partial charge in [-0.2, -0.15) is 0 Å². The number of benzene rings is 2. The van der Waals surface area contributed by atoms with E-state index in [2.05, 4.69) is 32.9 Å². The van der Waals surface area contributed by atoms with Crippen LogP contribution in [0.25, 0.3) is 0 Å². The number of fused-ring (bicyclic) bond motifs is 3. The van der Waals surface area contributed by atoms with Gasteiger partial charge in [-0.25, -0.2) is 13.1 Å². The molecule has 1 atom stereocenters. The second-order valence-corrected chi connectivity index (χ2v) is 12.1. The summed E-state index contributed by atoms with van der Waals surface area (Å²) >= 11 is 3.46. The van der Waals surface area contributed by atoms with Gasteiger partial charge in [0.2, 0.25) is 10.0 Å². The highest BCUT2D eigenvalue weighted by Crippen LogP contribution is 2.48. The molecule has 5 rings (SSSR count). The predicted molar refractivity (Wildman–Crippen MR) is 129 cm³/mol. The van der Waals surface area contributed by atoms with Gasteiger partial charge in [-0.3, -0.25) is 0 Å². The van der Waals surface area contributed by atoms with E-state index in [0.29, 0.717) is 12.2 Å². The Labute approximate surface area is 198 Å². The monoisotopic (exact) mass is 522 g/mol. The number of halogens is 1. The van der Waals surface area contributed by atoms with Crippen molar-refractivity contribution in [3.63, 3.8) is 0 Å². The molecule has 174 valence electrons. The van der Waals surface area contributed by atoms with Crippen LogP contribution in [0.15, 0.2) is 57.9 Å².